The maximum Gasteiger partial charge on any atom is 0.257 e. The molecule has 1 amide bonds. The van der Waals surface area contributed by atoms with E-state index in [0.717, 1.165) is 28.8 Å². The average molecular weight is 326 g/mol. The van der Waals surface area contributed by atoms with Gasteiger partial charge in [-0.25, -0.2) is 4.98 Å². The molecule has 4 nitrogen and oxygen atoms in total. The molecule has 3 aromatic rings. The Morgan fingerprint density at radius 3 is 2.70 bits per heavy atom. The zero-order valence-corrected chi connectivity index (χ0v) is 13.9. The number of fused-ring (bicyclic) bond motifs is 1. The molecule has 0 aliphatic heterocycles. The van der Waals surface area contributed by atoms with Crippen molar-refractivity contribution in [3.63, 3.8) is 0 Å². The van der Waals surface area contributed by atoms with Crippen molar-refractivity contribution in [2.45, 2.75) is 19.8 Å². The highest BCUT2D eigenvalue weighted by molar-refractivity contribution is 7.22. The van der Waals surface area contributed by atoms with E-state index in [1.54, 1.807) is 7.11 Å². The van der Waals surface area contributed by atoms with Gasteiger partial charge in [0.2, 0.25) is 0 Å². The summed E-state index contributed by atoms with van der Waals surface area (Å²) >= 11 is 1.44. The zero-order chi connectivity index (χ0) is 16.2. The average Bonchev–Trinajstić information content (AvgIpc) is 2.96. The molecule has 0 saturated carbocycles. The van der Waals surface area contributed by atoms with E-state index < -0.39 is 0 Å². The van der Waals surface area contributed by atoms with Gasteiger partial charge in [0.05, 0.1) is 17.3 Å². The number of nitrogens with zero attached hydrogens (tertiary/aromatic N) is 1. The lowest BCUT2D eigenvalue weighted by Gasteiger charge is -2.03. The van der Waals surface area contributed by atoms with Crippen LogP contribution in [0, 0.1) is 0 Å². The molecule has 0 spiro atoms. The molecule has 0 fully saturated rings. The van der Waals surface area contributed by atoms with Gasteiger partial charge in [-0.15, -0.1) is 0 Å². The summed E-state index contributed by atoms with van der Waals surface area (Å²) in [4.78, 5) is 16.7. The third kappa shape index (κ3) is 3.51. The summed E-state index contributed by atoms with van der Waals surface area (Å²) in [6.45, 7) is 2.14. The number of benzene rings is 2. The lowest BCUT2D eigenvalue weighted by molar-refractivity contribution is 0.102. The molecule has 1 N–H and O–H groups in total. The van der Waals surface area contributed by atoms with Crippen LogP contribution in [0.25, 0.3) is 10.2 Å². The minimum absolute atomic E-state index is 0.140. The first-order chi connectivity index (χ1) is 11.2. The maximum atomic E-state index is 12.3. The number of hydrogen-bond acceptors (Lipinski definition) is 4. The molecular formula is C18H18N2O2S. The third-order valence-electron chi connectivity index (χ3n) is 3.57. The fourth-order valence-electron chi connectivity index (χ4n) is 2.37. The van der Waals surface area contributed by atoms with Gasteiger partial charge in [-0.2, -0.15) is 0 Å². The Morgan fingerprint density at radius 2 is 2.00 bits per heavy atom. The molecule has 0 radical (unpaired) electrons. The second-order valence-corrected chi connectivity index (χ2v) is 6.28. The van der Waals surface area contributed by atoms with E-state index in [4.69, 9.17) is 4.74 Å². The molecule has 1 aromatic heterocycles. The van der Waals surface area contributed by atoms with Crippen LogP contribution in [0.5, 0.6) is 5.75 Å². The van der Waals surface area contributed by atoms with Crippen LogP contribution in [0.1, 0.15) is 29.3 Å². The SMILES string of the molecule is CCCc1ccc(C(=O)Nc2nc3ccc(OC)cc3s2)cc1. The Bertz CT molecular complexity index is 825. The summed E-state index contributed by atoms with van der Waals surface area (Å²) in [7, 11) is 1.63. The number of methoxy groups -OCH3 is 1. The number of carbonyl (C=O) groups excluding carboxylic acids is 1. The summed E-state index contributed by atoms with van der Waals surface area (Å²) in [5.41, 5.74) is 2.74. The number of carbonyl (C=O) groups is 1. The van der Waals surface area contributed by atoms with Gasteiger partial charge in [-0.1, -0.05) is 36.8 Å². The van der Waals surface area contributed by atoms with Gasteiger partial charge < -0.3 is 4.74 Å². The van der Waals surface area contributed by atoms with Crippen LogP contribution in [-0.4, -0.2) is 18.0 Å². The van der Waals surface area contributed by atoms with Crippen LogP contribution >= 0.6 is 11.3 Å². The number of hydrogen-bond donors (Lipinski definition) is 1. The maximum absolute atomic E-state index is 12.3. The first-order valence-corrected chi connectivity index (χ1v) is 8.36. The van der Waals surface area contributed by atoms with E-state index in [1.807, 2.05) is 42.5 Å². The monoisotopic (exact) mass is 326 g/mol. The van der Waals surface area contributed by atoms with Crippen LogP contribution < -0.4 is 10.1 Å². The standard InChI is InChI=1S/C18H18N2O2S/c1-3-4-12-5-7-13(8-6-12)17(21)20-18-19-15-10-9-14(22-2)11-16(15)23-18/h5-11H,3-4H2,1-2H3,(H,19,20,21). The van der Waals surface area contributed by atoms with Crippen molar-refractivity contribution >= 4 is 32.6 Å². The van der Waals surface area contributed by atoms with Gasteiger partial charge in [-0.3, -0.25) is 10.1 Å². The van der Waals surface area contributed by atoms with Gasteiger partial charge in [-0.05, 0) is 42.3 Å². The number of aryl methyl sites for hydroxylation is 1. The molecule has 5 heteroatoms. The topological polar surface area (TPSA) is 51.2 Å². The van der Waals surface area contributed by atoms with Crippen molar-refractivity contribution in [1.29, 1.82) is 0 Å². The summed E-state index contributed by atoms with van der Waals surface area (Å²) in [6, 6.07) is 13.4. The van der Waals surface area contributed by atoms with E-state index in [-0.39, 0.29) is 5.91 Å². The third-order valence-corrected chi connectivity index (χ3v) is 4.50. The largest absolute Gasteiger partial charge is 0.497 e. The van der Waals surface area contributed by atoms with Gasteiger partial charge in [0, 0.05) is 5.56 Å². The highest BCUT2D eigenvalue weighted by Crippen LogP contribution is 2.29. The molecule has 0 bridgehead atoms. The first-order valence-electron chi connectivity index (χ1n) is 7.54. The summed E-state index contributed by atoms with van der Waals surface area (Å²) < 4.78 is 6.19. The molecule has 0 aliphatic rings. The Kier molecular flexibility index (Phi) is 4.57. The lowest BCUT2D eigenvalue weighted by Crippen LogP contribution is -2.11. The molecule has 0 saturated heterocycles. The van der Waals surface area contributed by atoms with E-state index in [9.17, 15) is 4.79 Å². The predicted molar refractivity (Wildman–Crippen MR) is 94.6 cm³/mol. The molecule has 0 atom stereocenters. The first kappa shape index (κ1) is 15.5. The van der Waals surface area contributed by atoms with Crippen molar-refractivity contribution in [2.75, 3.05) is 12.4 Å². The number of rotatable bonds is 5. The van der Waals surface area contributed by atoms with E-state index >= 15 is 0 Å². The molecule has 23 heavy (non-hydrogen) atoms. The van der Waals surface area contributed by atoms with Crippen molar-refractivity contribution in [2.24, 2.45) is 0 Å². The zero-order valence-electron chi connectivity index (χ0n) is 13.1. The molecule has 0 unspecified atom stereocenters. The van der Waals surface area contributed by atoms with Crippen LogP contribution in [0.2, 0.25) is 0 Å². The van der Waals surface area contributed by atoms with Gasteiger partial charge in [0.25, 0.3) is 5.91 Å². The minimum Gasteiger partial charge on any atom is -0.497 e. The number of amides is 1. The molecular weight excluding hydrogens is 308 g/mol. The summed E-state index contributed by atoms with van der Waals surface area (Å²) in [5.74, 6) is 0.643. The van der Waals surface area contributed by atoms with Crippen molar-refractivity contribution in [3.8, 4) is 5.75 Å². The Balaban J connectivity index is 1.76. The smallest absolute Gasteiger partial charge is 0.257 e. The Labute approximate surface area is 139 Å². The van der Waals surface area contributed by atoms with E-state index in [2.05, 4.69) is 17.2 Å². The number of nitrogens with one attached hydrogen (secondary N) is 1. The highest BCUT2D eigenvalue weighted by Gasteiger charge is 2.10. The van der Waals surface area contributed by atoms with E-state index in [0.29, 0.717) is 10.7 Å². The van der Waals surface area contributed by atoms with E-state index in [1.165, 1.54) is 16.9 Å². The van der Waals surface area contributed by atoms with Crippen LogP contribution in [0.4, 0.5) is 5.13 Å². The van der Waals surface area contributed by atoms with Crippen LogP contribution in [0.3, 0.4) is 0 Å². The fourth-order valence-corrected chi connectivity index (χ4v) is 3.26. The second kappa shape index (κ2) is 6.79. The van der Waals surface area contributed by atoms with Gasteiger partial charge in [0.15, 0.2) is 5.13 Å². The second-order valence-electron chi connectivity index (χ2n) is 5.25. The number of thiazole rings is 1. The van der Waals surface area contributed by atoms with Crippen molar-refractivity contribution in [3.05, 3.63) is 53.6 Å². The normalized spacial score (nSPS) is 10.7. The molecule has 1 heterocycles. The Morgan fingerprint density at radius 1 is 1.22 bits per heavy atom. The highest BCUT2D eigenvalue weighted by atomic mass is 32.1. The molecule has 0 aliphatic carbocycles. The predicted octanol–water partition coefficient (Wildman–Crippen LogP) is 4.51. The van der Waals surface area contributed by atoms with Crippen LogP contribution in [-0.2, 0) is 6.42 Å². The van der Waals surface area contributed by atoms with Gasteiger partial charge >= 0.3 is 0 Å². The van der Waals surface area contributed by atoms with Crippen molar-refractivity contribution < 1.29 is 9.53 Å². The molecule has 2 aromatic carbocycles. The number of ether oxygens (including phenoxy) is 1. The van der Waals surface area contributed by atoms with Crippen molar-refractivity contribution in [1.82, 2.24) is 4.98 Å². The molecule has 3 rings (SSSR count). The Hall–Kier alpha value is -2.40. The fraction of sp³-hybridized carbons (Fsp3) is 0.222. The minimum atomic E-state index is -0.140. The summed E-state index contributed by atoms with van der Waals surface area (Å²) in [5, 5.41) is 3.46. The van der Waals surface area contributed by atoms with Gasteiger partial charge in [0.1, 0.15) is 5.75 Å². The lowest BCUT2D eigenvalue weighted by atomic mass is 10.1. The quantitative estimate of drug-likeness (QED) is 0.750. The number of anilines is 1. The number of aromatic nitrogens is 1. The summed E-state index contributed by atoms with van der Waals surface area (Å²) in [6.07, 6.45) is 2.13. The molecule has 118 valence electrons. The van der Waals surface area contributed by atoms with Crippen LogP contribution in [0.15, 0.2) is 42.5 Å².